The minimum atomic E-state index is 0.675. The molecule has 1 aromatic rings. The van der Waals surface area contributed by atoms with Gasteiger partial charge in [0.05, 0.1) is 0 Å². The Hall–Kier alpha value is -0.253. The maximum absolute atomic E-state index is 4.50. The van der Waals surface area contributed by atoms with Gasteiger partial charge in [-0.05, 0) is 0 Å². The molecule has 58 valence electrons. The van der Waals surface area contributed by atoms with Gasteiger partial charge in [-0.15, -0.1) is 0 Å². The van der Waals surface area contributed by atoms with Crippen molar-refractivity contribution in [3.05, 3.63) is 29.1 Å². The van der Waals surface area contributed by atoms with Gasteiger partial charge in [0.25, 0.3) is 0 Å². The molecule has 1 aromatic heterocycles. The first kappa shape index (κ1) is 8.35. The van der Waals surface area contributed by atoms with Gasteiger partial charge in [-0.25, -0.2) is 0 Å². The van der Waals surface area contributed by atoms with Crippen molar-refractivity contribution >= 4 is 17.7 Å². The van der Waals surface area contributed by atoms with Gasteiger partial charge >= 0.3 is 82.6 Å². The number of aromatic nitrogens is 1. The Balaban J connectivity index is 2.46. The Kier molecular flexibility index (Phi) is 2.26. The zero-order valence-corrected chi connectivity index (χ0v) is 7.80. The van der Waals surface area contributed by atoms with Gasteiger partial charge < -0.3 is 0 Å². The molecule has 1 atom stereocenters. The van der Waals surface area contributed by atoms with Crippen LogP contribution in [-0.2, 0) is 6.42 Å². The van der Waals surface area contributed by atoms with Crippen molar-refractivity contribution in [2.24, 2.45) is 0 Å². The van der Waals surface area contributed by atoms with Crippen LogP contribution in [0, 0.1) is 6.92 Å². The number of hydrogen-bond donors (Lipinski definition) is 0. The van der Waals surface area contributed by atoms with Crippen molar-refractivity contribution in [1.82, 2.24) is 4.98 Å². The molecule has 0 radical (unpaired) electrons. The molecular formula is C10H12LiN. The maximum atomic E-state index is 4.50. The van der Waals surface area contributed by atoms with E-state index in [1.165, 1.54) is 36.1 Å². The molecule has 0 spiro atoms. The molecule has 0 aliphatic heterocycles. The summed E-state index contributed by atoms with van der Waals surface area (Å²) in [5.41, 5.74) is 4.11. The van der Waals surface area contributed by atoms with Crippen LogP contribution in [0.3, 0.4) is 0 Å². The van der Waals surface area contributed by atoms with Crippen LogP contribution < -0.4 is 0 Å². The van der Waals surface area contributed by atoms with E-state index in [9.17, 15) is 0 Å². The summed E-state index contributed by atoms with van der Waals surface area (Å²) < 4.78 is 0.675. The van der Waals surface area contributed by atoms with E-state index >= 15 is 0 Å². The Bertz CT molecular complexity index is 296. The predicted molar refractivity (Wildman–Crippen MR) is 50.4 cm³/mol. The fourth-order valence-electron chi connectivity index (χ4n) is 2.02. The quantitative estimate of drug-likeness (QED) is 0.519. The van der Waals surface area contributed by atoms with Gasteiger partial charge in [0.2, 0.25) is 0 Å². The molecule has 0 saturated heterocycles. The number of hydrogen-bond acceptors (Lipinski definition) is 1. The third-order valence-electron chi connectivity index (χ3n) is 2.69. The van der Waals surface area contributed by atoms with E-state index in [-0.39, 0.29) is 0 Å². The van der Waals surface area contributed by atoms with Crippen LogP contribution in [0.4, 0.5) is 0 Å². The summed E-state index contributed by atoms with van der Waals surface area (Å²) in [4.78, 5) is 4.50. The Morgan fingerprint density at radius 2 is 2.42 bits per heavy atom. The molecule has 2 rings (SSSR count). The molecule has 1 aliphatic carbocycles. The number of nitrogens with zero attached hydrogens (tertiary/aromatic N) is 1. The number of pyridine rings is 1. The van der Waals surface area contributed by atoms with Gasteiger partial charge in [0, 0.05) is 0 Å². The van der Waals surface area contributed by atoms with E-state index in [4.69, 9.17) is 0 Å². The van der Waals surface area contributed by atoms with Gasteiger partial charge in [-0.3, -0.25) is 0 Å². The molecule has 1 aliphatic rings. The predicted octanol–water partition coefficient (Wildman–Crippen LogP) is 1.94. The third-order valence-corrected chi connectivity index (χ3v) is 2.69. The van der Waals surface area contributed by atoms with Crippen LogP contribution in [0.1, 0.15) is 34.3 Å². The van der Waals surface area contributed by atoms with E-state index < -0.39 is 0 Å². The SMILES string of the molecule is [Li][CH]1CCCc2cc(C)cnc21. The Morgan fingerprint density at radius 1 is 1.58 bits per heavy atom. The van der Waals surface area contributed by atoms with Crippen molar-refractivity contribution in [2.75, 3.05) is 0 Å². The second kappa shape index (κ2) is 3.24. The number of rotatable bonds is 0. The summed E-state index contributed by atoms with van der Waals surface area (Å²) in [7, 11) is 0. The molecule has 1 nitrogen and oxygen atoms in total. The topological polar surface area (TPSA) is 12.9 Å². The first-order chi connectivity index (χ1) is 5.77. The summed E-state index contributed by atoms with van der Waals surface area (Å²) in [6.07, 6.45) is 5.86. The van der Waals surface area contributed by atoms with Gasteiger partial charge in [0.1, 0.15) is 0 Å². The molecule has 2 heteroatoms. The van der Waals surface area contributed by atoms with Crippen LogP contribution in [0.5, 0.6) is 0 Å². The Morgan fingerprint density at radius 3 is 3.25 bits per heavy atom. The first-order valence-electron chi connectivity index (χ1n) is 4.73. The van der Waals surface area contributed by atoms with Crippen LogP contribution in [-0.4, -0.2) is 22.7 Å². The van der Waals surface area contributed by atoms with Crippen LogP contribution in [0.25, 0.3) is 0 Å². The molecular weight excluding hydrogens is 141 g/mol. The summed E-state index contributed by atoms with van der Waals surface area (Å²) >= 11 is 2.28. The summed E-state index contributed by atoms with van der Waals surface area (Å²) in [5.74, 6) is 0. The molecule has 0 fully saturated rings. The van der Waals surface area contributed by atoms with Gasteiger partial charge in [0.15, 0.2) is 0 Å². The molecule has 0 saturated carbocycles. The monoisotopic (exact) mass is 153 g/mol. The van der Waals surface area contributed by atoms with Crippen molar-refractivity contribution < 1.29 is 0 Å². The second-order valence-corrected chi connectivity index (χ2v) is 3.85. The zero-order chi connectivity index (χ0) is 8.55. The summed E-state index contributed by atoms with van der Waals surface area (Å²) in [6, 6.07) is 2.29. The van der Waals surface area contributed by atoms with E-state index in [1.54, 1.807) is 0 Å². The van der Waals surface area contributed by atoms with Crippen molar-refractivity contribution in [2.45, 2.75) is 30.8 Å². The van der Waals surface area contributed by atoms with E-state index in [2.05, 4.69) is 35.7 Å². The first-order valence-corrected chi connectivity index (χ1v) is 4.73. The summed E-state index contributed by atoms with van der Waals surface area (Å²) in [5, 5.41) is 0. The van der Waals surface area contributed by atoms with Crippen molar-refractivity contribution in [1.29, 1.82) is 0 Å². The fraction of sp³-hybridized carbons (Fsp3) is 0.500. The third kappa shape index (κ3) is 1.44. The second-order valence-electron chi connectivity index (χ2n) is 3.85. The molecule has 0 bridgehead atoms. The molecule has 12 heavy (non-hydrogen) atoms. The number of fused-ring (bicyclic) bond motifs is 1. The molecule has 0 amide bonds. The minimum absolute atomic E-state index is 0.675. The van der Waals surface area contributed by atoms with Crippen LogP contribution >= 0.6 is 0 Å². The van der Waals surface area contributed by atoms with Crippen LogP contribution in [0.2, 0.25) is 0 Å². The van der Waals surface area contributed by atoms with Gasteiger partial charge in [-0.1, -0.05) is 0 Å². The van der Waals surface area contributed by atoms with Gasteiger partial charge in [-0.2, -0.15) is 0 Å². The molecule has 1 unspecified atom stereocenters. The fourth-order valence-corrected chi connectivity index (χ4v) is 2.02. The average molecular weight is 153 g/mol. The zero-order valence-electron chi connectivity index (χ0n) is 7.80. The molecule has 0 N–H and O–H groups in total. The molecule has 1 heterocycles. The van der Waals surface area contributed by atoms with E-state index in [0.29, 0.717) is 4.59 Å². The number of aryl methyl sites for hydroxylation is 2. The normalized spacial score (nSPS) is 22.1. The van der Waals surface area contributed by atoms with Crippen molar-refractivity contribution in [3.63, 3.8) is 0 Å². The standard InChI is InChI=1S/C10H12N.Li/c1-8-6-9-4-2-3-5-10(9)11-7-8;/h5-7H,2-4H2,1H3;. The average Bonchev–Trinajstić information content (AvgIpc) is 2.04. The Labute approximate surface area is 82.8 Å². The molecule has 0 aromatic carbocycles. The van der Waals surface area contributed by atoms with E-state index in [0.717, 1.165) is 0 Å². The van der Waals surface area contributed by atoms with E-state index in [1.807, 2.05) is 6.20 Å². The van der Waals surface area contributed by atoms with Crippen LogP contribution in [0.15, 0.2) is 12.3 Å². The summed E-state index contributed by atoms with van der Waals surface area (Å²) in [6.45, 7) is 2.12. The van der Waals surface area contributed by atoms with Crippen molar-refractivity contribution in [3.8, 4) is 0 Å².